The number of ether oxygens (including phenoxy) is 3. The number of rotatable bonds is 11. The Morgan fingerprint density at radius 3 is 2.07 bits per heavy atom. The standard InChI is InChI=1S/C34H40N2O6/c1-22-23(2)31-27(18-34(4,5)42-31)24(3)28(22)19-35-30(37)17-16-29(32(38)40-20-25-12-8-6-9-13-25)36-33(39)41-21-26-14-10-7-11-15-26/h6-15,29H,16-21H2,1-5H3,(H,35,37)(H,36,39)/t29-/m0/s1. The van der Waals surface area contributed by atoms with Crippen LogP contribution < -0.4 is 15.4 Å². The van der Waals surface area contributed by atoms with Gasteiger partial charge in [-0.1, -0.05) is 60.7 Å². The zero-order chi connectivity index (χ0) is 30.3. The molecule has 2 amide bonds. The number of carbonyl (C=O) groups is 3. The van der Waals surface area contributed by atoms with Gasteiger partial charge in [-0.05, 0) is 74.4 Å². The molecule has 0 spiro atoms. The highest BCUT2D eigenvalue weighted by Gasteiger charge is 2.34. The molecule has 1 aliphatic heterocycles. The fraction of sp³-hybridized carbons (Fsp3) is 0.382. The third-order valence-electron chi connectivity index (χ3n) is 7.65. The van der Waals surface area contributed by atoms with E-state index in [0.717, 1.165) is 45.6 Å². The van der Waals surface area contributed by atoms with Crippen molar-refractivity contribution in [1.82, 2.24) is 10.6 Å². The first kappa shape index (κ1) is 30.6. The van der Waals surface area contributed by atoms with Crippen molar-refractivity contribution in [1.29, 1.82) is 0 Å². The smallest absolute Gasteiger partial charge is 0.408 e. The molecule has 0 bridgehead atoms. The Morgan fingerprint density at radius 1 is 0.857 bits per heavy atom. The first-order valence-corrected chi connectivity index (χ1v) is 14.3. The van der Waals surface area contributed by atoms with E-state index in [0.29, 0.717) is 6.54 Å². The van der Waals surface area contributed by atoms with Gasteiger partial charge in [0.1, 0.15) is 30.6 Å². The molecular formula is C34H40N2O6. The summed E-state index contributed by atoms with van der Waals surface area (Å²) in [5.74, 6) is 0.0860. The van der Waals surface area contributed by atoms with Gasteiger partial charge in [0, 0.05) is 24.9 Å². The topological polar surface area (TPSA) is 103 Å². The van der Waals surface area contributed by atoms with Gasteiger partial charge >= 0.3 is 12.1 Å². The summed E-state index contributed by atoms with van der Waals surface area (Å²) in [5, 5.41) is 5.58. The van der Waals surface area contributed by atoms with Crippen LogP contribution in [0.4, 0.5) is 4.79 Å². The van der Waals surface area contributed by atoms with E-state index in [9.17, 15) is 14.4 Å². The van der Waals surface area contributed by atoms with Crippen molar-refractivity contribution in [3.63, 3.8) is 0 Å². The average Bonchev–Trinajstić information content (AvgIpc) is 3.32. The Balaban J connectivity index is 1.36. The minimum atomic E-state index is -1.05. The lowest BCUT2D eigenvalue weighted by Gasteiger charge is -2.20. The largest absolute Gasteiger partial charge is 0.487 e. The maximum atomic E-state index is 13.0. The van der Waals surface area contributed by atoms with Crippen molar-refractivity contribution in [3.05, 3.63) is 99.6 Å². The second kappa shape index (κ2) is 13.6. The van der Waals surface area contributed by atoms with Crippen molar-refractivity contribution in [2.24, 2.45) is 0 Å². The zero-order valence-electron chi connectivity index (χ0n) is 25.0. The minimum absolute atomic E-state index is 0.0161. The van der Waals surface area contributed by atoms with Crippen LogP contribution in [0, 0.1) is 20.8 Å². The highest BCUT2D eigenvalue weighted by atomic mass is 16.6. The van der Waals surface area contributed by atoms with Crippen molar-refractivity contribution >= 4 is 18.0 Å². The first-order chi connectivity index (χ1) is 20.0. The van der Waals surface area contributed by atoms with Gasteiger partial charge < -0.3 is 24.8 Å². The van der Waals surface area contributed by atoms with E-state index in [1.54, 1.807) is 0 Å². The molecule has 1 heterocycles. The normalized spacial score (nSPS) is 13.8. The van der Waals surface area contributed by atoms with Crippen molar-refractivity contribution < 1.29 is 28.6 Å². The zero-order valence-corrected chi connectivity index (χ0v) is 25.0. The molecule has 0 radical (unpaired) electrons. The molecule has 1 atom stereocenters. The van der Waals surface area contributed by atoms with E-state index in [1.165, 1.54) is 5.56 Å². The summed E-state index contributed by atoms with van der Waals surface area (Å²) in [6.07, 6.45) is 0.131. The van der Waals surface area contributed by atoms with Gasteiger partial charge in [-0.25, -0.2) is 9.59 Å². The van der Waals surface area contributed by atoms with Crippen molar-refractivity contribution in [2.75, 3.05) is 0 Å². The van der Waals surface area contributed by atoms with Gasteiger partial charge in [0.25, 0.3) is 0 Å². The van der Waals surface area contributed by atoms with Gasteiger partial charge in [0.05, 0.1) is 0 Å². The van der Waals surface area contributed by atoms with Gasteiger partial charge in [-0.3, -0.25) is 4.79 Å². The minimum Gasteiger partial charge on any atom is -0.487 e. The lowest BCUT2D eigenvalue weighted by Crippen LogP contribution is -2.42. The number of nitrogens with one attached hydrogen (secondary N) is 2. The molecule has 0 aromatic heterocycles. The van der Waals surface area contributed by atoms with Crippen LogP contribution in [0.5, 0.6) is 5.75 Å². The molecule has 1 aliphatic rings. The Labute approximate surface area is 247 Å². The van der Waals surface area contributed by atoms with Crippen LogP contribution in [-0.4, -0.2) is 29.6 Å². The lowest BCUT2D eigenvalue weighted by molar-refractivity contribution is -0.147. The van der Waals surface area contributed by atoms with E-state index < -0.39 is 18.1 Å². The third-order valence-corrected chi connectivity index (χ3v) is 7.65. The number of fused-ring (bicyclic) bond motifs is 1. The number of carbonyl (C=O) groups excluding carboxylic acids is 3. The van der Waals surface area contributed by atoms with Crippen LogP contribution in [0.3, 0.4) is 0 Å². The number of hydrogen-bond acceptors (Lipinski definition) is 6. The van der Waals surface area contributed by atoms with Crippen LogP contribution in [-0.2, 0) is 45.2 Å². The number of hydrogen-bond donors (Lipinski definition) is 2. The van der Waals surface area contributed by atoms with E-state index in [2.05, 4.69) is 38.3 Å². The van der Waals surface area contributed by atoms with Gasteiger partial charge in [0.2, 0.25) is 5.91 Å². The molecule has 0 saturated carbocycles. The molecule has 42 heavy (non-hydrogen) atoms. The van der Waals surface area contributed by atoms with Crippen LogP contribution in [0.15, 0.2) is 60.7 Å². The maximum Gasteiger partial charge on any atom is 0.408 e. The maximum absolute atomic E-state index is 13.0. The molecule has 0 unspecified atom stereocenters. The quantitative estimate of drug-likeness (QED) is 0.283. The Morgan fingerprint density at radius 2 is 1.45 bits per heavy atom. The molecule has 4 rings (SSSR count). The van der Waals surface area contributed by atoms with Gasteiger partial charge in [-0.15, -0.1) is 0 Å². The average molecular weight is 573 g/mol. The molecule has 0 saturated heterocycles. The molecule has 0 fully saturated rings. The van der Waals surface area contributed by atoms with Gasteiger partial charge in [0.15, 0.2) is 0 Å². The summed E-state index contributed by atoms with van der Waals surface area (Å²) in [5.41, 5.74) is 6.94. The lowest BCUT2D eigenvalue weighted by atomic mass is 9.89. The number of alkyl carbamates (subject to hydrolysis) is 1. The van der Waals surface area contributed by atoms with Gasteiger partial charge in [-0.2, -0.15) is 0 Å². The molecular weight excluding hydrogens is 532 g/mol. The molecule has 2 N–H and O–H groups in total. The predicted molar refractivity (Wildman–Crippen MR) is 160 cm³/mol. The van der Waals surface area contributed by atoms with Crippen molar-refractivity contribution in [2.45, 2.75) is 85.3 Å². The molecule has 222 valence electrons. The van der Waals surface area contributed by atoms with Crippen LogP contribution >= 0.6 is 0 Å². The molecule has 0 aliphatic carbocycles. The summed E-state index contributed by atoms with van der Waals surface area (Å²) in [6.45, 7) is 10.8. The van der Waals surface area contributed by atoms with E-state index in [-0.39, 0.29) is 37.6 Å². The number of benzene rings is 3. The highest BCUT2D eigenvalue weighted by Crippen LogP contribution is 2.42. The van der Waals surface area contributed by atoms with E-state index >= 15 is 0 Å². The highest BCUT2D eigenvalue weighted by molar-refractivity contribution is 5.83. The Kier molecular flexibility index (Phi) is 9.88. The first-order valence-electron chi connectivity index (χ1n) is 14.3. The Hall–Kier alpha value is -4.33. The Bertz CT molecular complexity index is 1420. The van der Waals surface area contributed by atoms with Crippen LogP contribution in [0.2, 0.25) is 0 Å². The SMILES string of the molecule is Cc1c(C)c2c(c(C)c1CNC(=O)CC[C@H](NC(=O)OCc1ccccc1)C(=O)OCc1ccccc1)CC(C)(C)O2. The molecule has 8 heteroatoms. The monoisotopic (exact) mass is 572 g/mol. The number of esters is 1. The van der Waals surface area contributed by atoms with E-state index in [4.69, 9.17) is 14.2 Å². The fourth-order valence-corrected chi connectivity index (χ4v) is 5.15. The summed E-state index contributed by atoms with van der Waals surface area (Å²) in [4.78, 5) is 38.5. The summed E-state index contributed by atoms with van der Waals surface area (Å²) in [6, 6.07) is 17.5. The second-order valence-electron chi connectivity index (χ2n) is 11.4. The predicted octanol–water partition coefficient (Wildman–Crippen LogP) is 5.76. The number of amides is 2. The molecule has 3 aromatic carbocycles. The second-order valence-corrected chi connectivity index (χ2v) is 11.4. The van der Waals surface area contributed by atoms with E-state index in [1.807, 2.05) is 67.6 Å². The van der Waals surface area contributed by atoms with Crippen LogP contribution in [0.1, 0.15) is 65.6 Å². The summed E-state index contributed by atoms with van der Waals surface area (Å²) in [7, 11) is 0. The summed E-state index contributed by atoms with van der Waals surface area (Å²) >= 11 is 0. The fourth-order valence-electron chi connectivity index (χ4n) is 5.15. The summed E-state index contributed by atoms with van der Waals surface area (Å²) < 4.78 is 17.0. The molecule has 8 nitrogen and oxygen atoms in total. The molecule has 3 aromatic rings. The third kappa shape index (κ3) is 7.90. The van der Waals surface area contributed by atoms with Crippen LogP contribution in [0.25, 0.3) is 0 Å². The van der Waals surface area contributed by atoms with Crippen molar-refractivity contribution in [3.8, 4) is 5.75 Å².